The Morgan fingerprint density at radius 1 is 1.19 bits per heavy atom. The van der Waals surface area contributed by atoms with Crippen LogP contribution < -0.4 is 0 Å². The Hall–Kier alpha value is -2.74. The molecule has 8 heteroatoms. The summed E-state index contributed by atoms with van der Waals surface area (Å²) in [4.78, 5) is 16.2. The summed E-state index contributed by atoms with van der Waals surface area (Å²) < 4.78 is 40.4. The molecule has 1 aliphatic heterocycles. The number of hydrogen-bond donors (Lipinski definition) is 1. The van der Waals surface area contributed by atoms with E-state index in [9.17, 15) is 23.1 Å². The van der Waals surface area contributed by atoms with E-state index in [0.717, 1.165) is 5.56 Å². The molecule has 0 radical (unpaired) electrons. The van der Waals surface area contributed by atoms with Crippen molar-refractivity contribution in [1.82, 2.24) is 9.99 Å². The van der Waals surface area contributed by atoms with Gasteiger partial charge in [0.1, 0.15) is 0 Å². The van der Waals surface area contributed by atoms with Crippen LogP contribution in [0.15, 0.2) is 60.0 Å². The molecule has 2 aromatic rings. The van der Waals surface area contributed by atoms with E-state index in [1.807, 2.05) is 0 Å². The van der Waals surface area contributed by atoms with Crippen LogP contribution in [0.3, 0.4) is 0 Å². The summed E-state index contributed by atoms with van der Waals surface area (Å²) in [7, 11) is 0. The van der Waals surface area contributed by atoms with E-state index in [4.69, 9.17) is 0 Å². The Morgan fingerprint density at radius 3 is 2.54 bits per heavy atom. The summed E-state index contributed by atoms with van der Waals surface area (Å²) in [6.45, 7) is 0. The number of pyridine rings is 1. The fourth-order valence-electron chi connectivity index (χ4n) is 2.72. The highest BCUT2D eigenvalue weighted by Crippen LogP contribution is 2.41. The molecule has 3 rings (SSSR count). The minimum Gasteiger partial charge on any atom is -0.362 e. The summed E-state index contributed by atoms with van der Waals surface area (Å²) in [6.07, 6.45) is -3.01. The van der Waals surface area contributed by atoms with Crippen molar-refractivity contribution in [3.05, 3.63) is 66.0 Å². The average Bonchev–Trinajstić information content (AvgIpc) is 3.00. The molecule has 5 nitrogen and oxygen atoms in total. The first-order valence-corrected chi connectivity index (χ1v) is 7.95. The molecule has 2 heterocycles. The zero-order valence-electron chi connectivity index (χ0n) is 13.6. The van der Waals surface area contributed by atoms with Crippen LogP contribution >= 0.6 is 0 Å². The van der Waals surface area contributed by atoms with Crippen LogP contribution in [0.4, 0.5) is 13.2 Å². The largest absolute Gasteiger partial charge is 0.438 e. The Bertz CT molecular complexity index is 809. The lowest BCUT2D eigenvalue weighted by Gasteiger charge is -2.32. The molecule has 0 saturated carbocycles. The predicted molar refractivity (Wildman–Crippen MR) is 88.0 cm³/mol. The quantitative estimate of drug-likeness (QED) is 0.908. The number of carbonyl (C=O) groups is 1. The first-order valence-electron chi connectivity index (χ1n) is 7.95. The van der Waals surface area contributed by atoms with E-state index in [0.29, 0.717) is 5.56 Å². The number of hydrogen-bond acceptors (Lipinski definition) is 4. The average molecular weight is 363 g/mol. The van der Waals surface area contributed by atoms with Gasteiger partial charge in [0.2, 0.25) is 5.91 Å². The molecule has 0 saturated heterocycles. The number of carbonyl (C=O) groups excluding carboxylic acids is 1. The molecule has 0 fully saturated rings. The molecular formula is C18H16F3N3O2. The fourth-order valence-corrected chi connectivity index (χ4v) is 2.72. The molecule has 0 aliphatic carbocycles. The smallest absolute Gasteiger partial charge is 0.362 e. The van der Waals surface area contributed by atoms with E-state index in [1.54, 1.807) is 36.4 Å². The number of alkyl halides is 3. The van der Waals surface area contributed by atoms with Gasteiger partial charge in [0.15, 0.2) is 0 Å². The Kier molecular flexibility index (Phi) is 4.78. The zero-order chi connectivity index (χ0) is 18.8. The molecule has 1 amide bonds. The number of amides is 1. The number of aromatic nitrogens is 1. The van der Waals surface area contributed by atoms with E-state index < -0.39 is 24.2 Å². The van der Waals surface area contributed by atoms with Crippen LogP contribution in [-0.2, 0) is 11.2 Å². The second kappa shape index (κ2) is 6.87. The lowest BCUT2D eigenvalue weighted by atomic mass is 10.0. The van der Waals surface area contributed by atoms with Gasteiger partial charge in [0.25, 0.3) is 5.72 Å². The van der Waals surface area contributed by atoms with Crippen molar-refractivity contribution < 1.29 is 23.1 Å². The maximum atomic E-state index is 13.5. The van der Waals surface area contributed by atoms with Crippen LogP contribution in [0, 0.1) is 0 Å². The van der Waals surface area contributed by atoms with Crippen molar-refractivity contribution in [2.24, 2.45) is 5.10 Å². The molecule has 1 aromatic heterocycles. The van der Waals surface area contributed by atoms with Gasteiger partial charge >= 0.3 is 6.18 Å². The predicted octanol–water partition coefficient (Wildman–Crippen LogP) is 2.90. The summed E-state index contributed by atoms with van der Waals surface area (Å²) in [5.74, 6) is -0.896. The second-order valence-corrected chi connectivity index (χ2v) is 5.97. The number of benzene rings is 1. The van der Waals surface area contributed by atoms with Gasteiger partial charge in [-0.25, -0.2) is 0 Å². The summed E-state index contributed by atoms with van der Waals surface area (Å²) in [5, 5.41) is 14.2. The van der Waals surface area contributed by atoms with Crippen LogP contribution in [0.25, 0.3) is 0 Å². The highest BCUT2D eigenvalue weighted by atomic mass is 19.4. The summed E-state index contributed by atoms with van der Waals surface area (Å²) >= 11 is 0. The number of hydrazone groups is 1. The van der Waals surface area contributed by atoms with Gasteiger partial charge in [-0.1, -0.05) is 36.4 Å². The lowest BCUT2D eigenvalue weighted by molar-refractivity contribution is -0.302. The number of nitrogens with zero attached hydrogens (tertiary/aromatic N) is 3. The normalized spacial score (nSPS) is 20.2. The van der Waals surface area contributed by atoms with Crippen LogP contribution in [0.1, 0.15) is 24.0 Å². The van der Waals surface area contributed by atoms with Crippen molar-refractivity contribution >= 4 is 11.6 Å². The van der Waals surface area contributed by atoms with Gasteiger partial charge in [0, 0.05) is 24.4 Å². The van der Waals surface area contributed by atoms with Gasteiger partial charge in [-0.2, -0.15) is 23.3 Å². The molecule has 136 valence electrons. The molecule has 1 aromatic carbocycles. The van der Waals surface area contributed by atoms with Crippen molar-refractivity contribution in [1.29, 1.82) is 0 Å². The molecular weight excluding hydrogens is 347 g/mol. The summed E-state index contributed by atoms with van der Waals surface area (Å²) in [6, 6.07) is 12.0. The Labute approximate surface area is 147 Å². The van der Waals surface area contributed by atoms with E-state index in [-0.39, 0.29) is 23.6 Å². The fraction of sp³-hybridized carbons (Fsp3) is 0.278. The number of aliphatic hydroxyl groups is 1. The van der Waals surface area contributed by atoms with Crippen LogP contribution in [0.5, 0.6) is 0 Å². The number of aryl methyl sites for hydroxylation is 1. The topological polar surface area (TPSA) is 65.8 Å². The van der Waals surface area contributed by atoms with Gasteiger partial charge in [-0.3, -0.25) is 9.78 Å². The molecule has 0 spiro atoms. The van der Waals surface area contributed by atoms with Crippen molar-refractivity contribution in [2.45, 2.75) is 31.2 Å². The summed E-state index contributed by atoms with van der Waals surface area (Å²) in [5.41, 5.74) is -2.25. The van der Waals surface area contributed by atoms with Gasteiger partial charge in [-0.05, 0) is 18.1 Å². The first-order chi connectivity index (χ1) is 12.3. The van der Waals surface area contributed by atoms with Gasteiger partial charge in [-0.15, -0.1) is 0 Å². The maximum absolute atomic E-state index is 13.5. The highest BCUT2D eigenvalue weighted by molar-refractivity contribution is 6.03. The third-order valence-electron chi connectivity index (χ3n) is 4.14. The van der Waals surface area contributed by atoms with E-state index in [1.165, 1.54) is 18.5 Å². The second-order valence-electron chi connectivity index (χ2n) is 5.97. The van der Waals surface area contributed by atoms with Gasteiger partial charge < -0.3 is 5.11 Å². The highest BCUT2D eigenvalue weighted by Gasteiger charge is 2.63. The standard InChI is InChI=1S/C18H16F3N3O2/c19-18(20,21)17(26)11-15(14-7-4-10-22-12-14)23-24(17)16(25)9-8-13-5-2-1-3-6-13/h1-7,10,12,26H,8-9,11H2. The molecule has 1 atom stereocenters. The molecule has 1 unspecified atom stereocenters. The number of rotatable bonds is 4. The van der Waals surface area contributed by atoms with Crippen molar-refractivity contribution in [2.75, 3.05) is 0 Å². The third-order valence-corrected chi connectivity index (χ3v) is 4.14. The Morgan fingerprint density at radius 2 is 1.92 bits per heavy atom. The monoisotopic (exact) mass is 363 g/mol. The molecule has 26 heavy (non-hydrogen) atoms. The zero-order valence-corrected chi connectivity index (χ0v) is 13.6. The Balaban J connectivity index is 1.85. The molecule has 0 bridgehead atoms. The maximum Gasteiger partial charge on any atom is 0.438 e. The molecule has 1 N–H and O–H groups in total. The van der Waals surface area contributed by atoms with Crippen molar-refractivity contribution in [3.8, 4) is 0 Å². The molecule has 1 aliphatic rings. The first kappa shape index (κ1) is 18.1. The van der Waals surface area contributed by atoms with Gasteiger partial charge in [0.05, 0.1) is 12.1 Å². The third kappa shape index (κ3) is 3.45. The SMILES string of the molecule is O=C(CCc1ccccc1)N1N=C(c2cccnc2)CC1(O)C(F)(F)F. The van der Waals surface area contributed by atoms with E-state index in [2.05, 4.69) is 10.1 Å². The minimum absolute atomic E-state index is 0.0361. The van der Waals surface area contributed by atoms with Crippen molar-refractivity contribution in [3.63, 3.8) is 0 Å². The lowest BCUT2D eigenvalue weighted by Crippen LogP contribution is -2.56. The van der Waals surface area contributed by atoms with E-state index >= 15 is 0 Å². The number of halogens is 3. The van der Waals surface area contributed by atoms with Crippen LogP contribution in [-0.4, -0.2) is 38.6 Å². The minimum atomic E-state index is -5.04. The van der Waals surface area contributed by atoms with Crippen LogP contribution in [0.2, 0.25) is 0 Å².